The number of fused-ring (bicyclic) bond motifs is 1. The lowest BCUT2D eigenvalue weighted by molar-refractivity contribution is 0.0959. The monoisotopic (exact) mass is 394 g/mol. The van der Waals surface area contributed by atoms with E-state index >= 15 is 0 Å². The molecule has 2 N–H and O–H groups in total. The van der Waals surface area contributed by atoms with Gasteiger partial charge in [0, 0.05) is 20.7 Å². The zero-order chi connectivity index (χ0) is 18.0. The summed E-state index contributed by atoms with van der Waals surface area (Å²) in [7, 11) is 1.57. The molecule has 1 heterocycles. The van der Waals surface area contributed by atoms with Crippen molar-refractivity contribution in [2.75, 3.05) is 7.11 Å². The third-order valence-electron chi connectivity index (χ3n) is 3.40. The Kier molecular flexibility index (Phi) is 5.13. The van der Waals surface area contributed by atoms with E-state index < -0.39 is 5.91 Å². The molecule has 0 saturated heterocycles. The fourth-order valence-corrected chi connectivity index (χ4v) is 3.77. The van der Waals surface area contributed by atoms with Crippen molar-refractivity contribution in [1.82, 2.24) is 5.43 Å². The van der Waals surface area contributed by atoms with Crippen LogP contribution in [0.1, 0.15) is 15.2 Å². The normalized spacial score (nSPS) is 11.2. The topological polar surface area (TPSA) is 70.9 Å². The van der Waals surface area contributed by atoms with Crippen LogP contribution in [0.5, 0.6) is 11.5 Å². The Morgan fingerprint density at radius 1 is 1.28 bits per heavy atom. The third kappa shape index (κ3) is 3.71. The lowest BCUT2D eigenvalue weighted by atomic mass is 10.2. The van der Waals surface area contributed by atoms with Crippen LogP contribution in [0.4, 0.5) is 0 Å². The molecule has 0 atom stereocenters. The molecular formula is C17H12Cl2N2O3S. The third-order valence-corrected chi connectivity index (χ3v) is 5.29. The van der Waals surface area contributed by atoms with E-state index in [1.54, 1.807) is 25.3 Å². The summed E-state index contributed by atoms with van der Waals surface area (Å²) in [5, 5.41) is 15.1. The van der Waals surface area contributed by atoms with Gasteiger partial charge in [0.05, 0.1) is 18.3 Å². The number of carbonyl (C=O) groups excluding carboxylic acids is 1. The molecule has 3 aromatic rings. The second-order valence-corrected chi connectivity index (χ2v) is 6.88. The average molecular weight is 395 g/mol. The van der Waals surface area contributed by atoms with Gasteiger partial charge in [0.15, 0.2) is 0 Å². The van der Waals surface area contributed by atoms with E-state index in [9.17, 15) is 9.90 Å². The number of carbonyl (C=O) groups is 1. The molecule has 1 aromatic heterocycles. The van der Waals surface area contributed by atoms with Crippen molar-refractivity contribution in [3.8, 4) is 11.5 Å². The number of phenolic OH excluding ortho intramolecular Hbond substituents is 1. The number of benzene rings is 2. The zero-order valence-electron chi connectivity index (χ0n) is 12.9. The van der Waals surface area contributed by atoms with Gasteiger partial charge in [-0.1, -0.05) is 23.2 Å². The predicted molar refractivity (Wildman–Crippen MR) is 102 cm³/mol. The second-order valence-electron chi connectivity index (χ2n) is 5.01. The van der Waals surface area contributed by atoms with Gasteiger partial charge in [-0.3, -0.25) is 4.79 Å². The van der Waals surface area contributed by atoms with Crippen molar-refractivity contribution >= 4 is 56.7 Å². The van der Waals surface area contributed by atoms with Gasteiger partial charge in [0.1, 0.15) is 16.4 Å². The van der Waals surface area contributed by atoms with Crippen molar-refractivity contribution in [2.45, 2.75) is 0 Å². The number of methoxy groups -OCH3 is 1. The van der Waals surface area contributed by atoms with Gasteiger partial charge in [-0.2, -0.15) is 5.10 Å². The quantitative estimate of drug-likeness (QED) is 0.498. The van der Waals surface area contributed by atoms with E-state index in [1.807, 2.05) is 6.07 Å². The van der Waals surface area contributed by atoms with E-state index in [1.165, 1.54) is 29.7 Å². The maximum absolute atomic E-state index is 12.3. The van der Waals surface area contributed by atoms with Crippen molar-refractivity contribution in [2.24, 2.45) is 5.10 Å². The molecule has 0 aliphatic carbocycles. The summed E-state index contributed by atoms with van der Waals surface area (Å²) >= 11 is 13.4. The molecule has 3 rings (SSSR count). The molecule has 0 spiro atoms. The van der Waals surface area contributed by atoms with E-state index in [0.29, 0.717) is 26.2 Å². The summed E-state index contributed by atoms with van der Waals surface area (Å²) < 4.78 is 6.01. The molecule has 0 unspecified atom stereocenters. The smallest absolute Gasteiger partial charge is 0.283 e. The molecule has 0 saturated carbocycles. The molecule has 0 aliphatic heterocycles. The number of ether oxygens (including phenoxy) is 1. The van der Waals surface area contributed by atoms with E-state index in [-0.39, 0.29) is 5.75 Å². The lowest BCUT2D eigenvalue weighted by Crippen LogP contribution is -2.16. The van der Waals surface area contributed by atoms with Gasteiger partial charge in [0.25, 0.3) is 5.91 Å². The Bertz CT molecular complexity index is 985. The number of rotatable bonds is 4. The first-order valence-electron chi connectivity index (χ1n) is 7.07. The summed E-state index contributed by atoms with van der Waals surface area (Å²) in [5.74, 6) is 0.254. The number of phenols is 1. The Hall–Kier alpha value is -2.28. The second kappa shape index (κ2) is 7.31. The number of nitrogens with zero attached hydrogens (tertiary/aromatic N) is 1. The van der Waals surface area contributed by atoms with Crippen LogP contribution in [0.3, 0.4) is 0 Å². The number of aromatic hydroxyl groups is 1. The van der Waals surface area contributed by atoms with Crippen LogP contribution < -0.4 is 10.2 Å². The van der Waals surface area contributed by atoms with Crippen molar-refractivity contribution in [3.63, 3.8) is 0 Å². The largest absolute Gasteiger partial charge is 0.507 e. The van der Waals surface area contributed by atoms with Gasteiger partial charge in [-0.15, -0.1) is 11.3 Å². The predicted octanol–water partition coefficient (Wildman–Crippen LogP) is 4.69. The highest BCUT2D eigenvalue weighted by atomic mass is 35.5. The highest BCUT2D eigenvalue weighted by Crippen LogP contribution is 2.37. The number of amides is 1. The molecule has 128 valence electrons. The van der Waals surface area contributed by atoms with E-state index in [4.69, 9.17) is 27.9 Å². The van der Waals surface area contributed by atoms with Gasteiger partial charge in [-0.25, -0.2) is 5.43 Å². The van der Waals surface area contributed by atoms with Crippen LogP contribution >= 0.6 is 34.5 Å². The van der Waals surface area contributed by atoms with Crippen LogP contribution in [0.15, 0.2) is 41.5 Å². The number of hydrogen-bond donors (Lipinski definition) is 2. The van der Waals surface area contributed by atoms with Crippen LogP contribution in [0.25, 0.3) is 10.1 Å². The zero-order valence-corrected chi connectivity index (χ0v) is 15.2. The Balaban J connectivity index is 1.81. The molecule has 0 fully saturated rings. The molecule has 1 amide bonds. The molecule has 0 radical (unpaired) electrons. The molecule has 0 aliphatic rings. The van der Waals surface area contributed by atoms with Gasteiger partial charge < -0.3 is 9.84 Å². The van der Waals surface area contributed by atoms with Gasteiger partial charge in [-0.05, 0) is 36.4 Å². The van der Waals surface area contributed by atoms with E-state index in [0.717, 1.165) is 10.1 Å². The summed E-state index contributed by atoms with van der Waals surface area (Å²) in [6.07, 6.45) is 1.31. The summed E-state index contributed by atoms with van der Waals surface area (Å²) in [6, 6.07) is 9.93. The fraction of sp³-hybridized carbons (Fsp3) is 0.0588. The minimum Gasteiger partial charge on any atom is -0.507 e. The summed E-state index contributed by atoms with van der Waals surface area (Å²) in [5.41, 5.74) is 2.78. The lowest BCUT2D eigenvalue weighted by Gasteiger charge is -2.00. The molecule has 2 aromatic carbocycles. The Labute approximate surface area is 157 Å². The molecule has 0 bridgehead atoms. The van der Waals surface area contributed by atoms with Crippen LogP contribution in [-0.2, 0) is 0 Å². The standard InChI is InChI=1S/C17H12Cl2N2O3S/c1-24-11-3-4-12-14(7-11)25-16(15(12)19)17(23)21-20-8-9-6-10(18)2-5-13(9)22/h2-8,22H,1H3,(H,21,23)/b20-8-. The van der Waals surface area contributed by atoms with Crippen molar-refractivity contribution < 1.29 is 14.6 Å². The SMILES string of the molecule is COc1ccc2c(Cl)c(C(=O)N/N=C\c3cc(Cl)ccc3O)sc2c1. The first kappa shape index (κ1) is 17.5. The Morgan fingerprint density at radius 2 is 2.08 bits per heavy atom. The maximum Gasteiger partial charge on any atom is 0.283 e. The highest BCUT2D eigenvalue weighted by molar-refractivity contribution is 7.21. The van der Waals surface area contributed by atoms with Crippen molar-refractivity contribution in [1.29, 1.82) is 0 Å². The number of nitrogens with one attached hydrogen (secondary N) is 1. The number of thiophene rings is 1. The summed E-state index contributed by atoms with van der Waals surface area (Å²) in [4.78, 5) is 12.7. The highest BCUT2D eigenvalue weighted by Gasteiger charge is 2.17. The molecule has 25 heavy (non-hydrogen) atoms. The van der Waals surface area contributed by atoms with Crippen LogP contribution in [0.2, 0.25) is 10.0 Å². The van der Waals surface area contributed by atoms with Crippen molar-refractivity contribution in [3.05, 3.63) is 56.9 Å². The number of halogens is 2. The van der Waals surface area contributed by atoms with Gasteiger partial charge >= 0.3 is 0 Å². The van der Waals surface area contributed by atoms with Crippen LogP contribution in [-0.4, -0.2) is 24.3 Å². The van der Waals surface area contributed by atoms with Crippen LogP contribution in [0, 0.1) is 0 Å². The average Bonchev–Trinajstić information content (AvgIpc) is 2.94. The first-order valence-corrected chi connectivity index (χ1v) is 8.65. The maximum atomic E-state index is 12.3. The minimum atomic E-state index is -0.442. The number of hydrazone groups is 1. The summed E-state index contributed by atoms with van der Waals surface area (Å²) in [6.45, 7) is 0. The Morgan fingerprint density at radius 3 is 2.84 bits per heavy atom. The molecule has 5 nitrogen and oxygen atoms in total. The minimum absolute atomic E-state index is 0.00869. The fourth-order valence-electron chi connectivity index (χ4n) is 2.16. The first-order chi connectivity index (χ1) is 12.0. The number of hydrogen-bond acceptors (Lipinski definition) is 5. The van der Waals surface area contributed by atoms with E-state index in [2.05, 4.69) is 10.5 Å². The molecule has 8 heteroatoms. The molecular weight excluding hydrogens is 383 g/mol. The van der Waals surface area contributed by atoms with Gasteiger partial charge in [0.2, 0.25) is 0 Å².